The standard InChI is InChI=1S/C14H12O4/c1-8-9-4-6-18-14(9)10(2-3-12(15)16)11-5-7-17-13(8)11/h4-7H,2-3H2,1H3,(H,15,16). The second kappa shape index (κ2) is 3.91. The smallest absolute Gasteiger partial charge is 0.303 e. The Morgan fingerprint density at radius 3 is 2.56 bits per heavy atom. The fourth-order valence-electron chi connectivity index (χ4n) is 2.40. The maximum atomic E-state index is 10.7. The Morgan fingerprint density at radius 1 is 1.17 bits per heavy atom. The molecule has 1 aromatic carbocycles. The summed E-state index contributed by atoms with van der Waals surface area (Å²) in [7, 11) is 0. The van der Waals surface area contributed by atoms with Crippen molar-refractivity contribution in [2.75, 3.05) is 0 Å². The van der Waals surface area contributed by atoms with E-state index in [9.17, 15) is 4.79 Å². The third-order valence-corrected chi connectivity index (χ3v) is 3.26. The molecule has 0 saturated heterocycles. The molecule has 4 heteroatoms. The van der Waals surface area contributed by atoms with Crippen LogP contribution in [0.5, 0.6) is 0 Å². The van der Waals surface area contributed by atoms with Crippen LogP contribution >= 0.6 is 0 Å². The summed E-state index contributed by atoms with van der Waals surface area (Å²) in [5.41, 5.74) is 3.51. The van der Waals surface area contributed by atoms with E-state index in [1.807, 2.05) is 19.1 Å². The molecule has 0 aliphatic rings. The summed E-state index contributed by atoms with van der Waals surface area (Å²) in [6, 6.07) is 3.75. The zero-order valence-electron chi connectivity index (χ0n) is 9.90. The lowest BCUT2D eigenvalue weighted by Gasteiger charge is -2.05. The quantitative estimate of drug-likeness (QED) is 0.765. The number of fused-ring (bicyclic) bond motifs is 2. The van der Waals surface area contributed by atoms with Crippen LogP contribution in [0.25, 0.3) is 21.9 Å². The summed E-state index contributed by atoms with van der Waals surface area (Å²) in [5.74, 6) is -0.813. The Hall–Kier alpha value is -2.23. The highest BCUT2D eigenvalue weighted by Gasteiger charge is 2.16. The Bertz CT molecular complexity index is 681. The van der Waals surface area contributed by atoms with Crippen molar-refractivity contribution in [2.45, 2.75) is 19.8 Å². The van der Waals surface area contributed by atoms with Gasteiger partial charge >= 0.3 is 5.97 Å². The largest absolute Gasteiger partial charge is 0.481 e. The molecule has 2 aromatic heterocycles. The summed E-state index contributed by atoms with van der Waals surface area (Å²) in [6.45, 7) is 1.98. The summed E-state index contributed by atoms with van der Waals surface area (Å²) in [4.78, 5) is 10.7. The minimum absolute atomic E-state index is 0.0825. The Morgan fingerprint density at radius 2 is 1.83 bits per heavy atom. The molecule has 18 heavy (non-hydrogen) atoms. The monoisotopic (exact) mass is 244 g/mol. The fourth-order valence-corrected chi connectivity index (χ4v) is 2.40. The van der Waals surface area contributed by atoms with E-state index in [-0.39, 0.29) is 6.42 Å². The van der Waals surface area contributed by atoms with Gasteiger partial charge in [-0.2, -0.15) is 0 Å². The number of rotatable bonds is 3. The normalized spacial score (nSPS) is 11.4. The first-order valence-corrected chi connectivity index (χ1v) is 5.76. The van der Waals surface area contributed by atoms with E-state index in [0.717, 1.165) is 33.1 Å². The molecular weight excluding hydrogens is 232 g/mol. The summed E-state index contributed by atoms with van der Waals surface area (Å²) >= 11 is 0. The van der Waals surface area contributed by atoms with Gasteiger partial charge < -0.3 is 13.9 Å². The van der Waals surface area contributed by atoms with Crippen molar-refractivity contribution in [3.63, 3.8) is 0 Å². The highest BCUT2D eigenvalue weighted by Crippen LogP contribution is 2.34. The van der Waals surface area contributed by atoms with Gasteiger partial charge in [0.05, 0.1) is 12.5 Å². The molecule has 0 fully saturated rings. The Labute approximate surface area is 103 Å². The van der Waals surface area contributed by atoms with E-state index in [1.54, 1.807) is 12.5 Å². The average Bonchev–Trinajstić information content (AvgIpc) is 2.95. The number of hydrogen-bond donors (Lipinski definition) is 1. The summed E-state index contributed by atoms with van der Waals surface area (Å²) in [5, 5.41) is 10.7. The van der Waals surface area contributed by atoms with Crippen LogP contribution in [0, 0.1) is 6.92 Å². The first-order valence-electron chi connectivity index (χ1n) is 5.76. The van der Waals surface area contributed by atoms with Crippen molar-refractivity contribution in [3.05, 3.63) is 35.8 Å². The molecule has 1 N–H and O–H groups in total. The van der Waals surface area contributed by atoms with E-state index in [1.165, 1.54) is 0 Å². The first kappa shape index (κ1) is 10.9. The van der Waals surface area contributed by atoms with E-state index in [2.05, 4.69) is 0 Å². The lowest BCUT2D eigenvalue weighted by molar-refractivity contribution is -0.136. The van der Waals surface area contributed by atoms with E-state index in [4.69, 9.17) is 13.9 Å². The van der Waals surface area contributed by atoms with Gasteiger partial charge in [-0.25, -0.2) is 0 Å². The highest BCUT2D eigenvalue weighted by atomic mass is 16.4. The molecule has 92 valence electrons. The van der Waals surface area contributed by atoms with Crippen LogP contribution in [-0.4, -0.2) is 11.1 Å². The number of aryl methyl sites for hydroxylation is 2. The van der Waals surface area contributed by atoms with Crippen molar-refractivity contribution >= 4 is 27.9 Å². The zero-order valence-corrected chi connectivity index (χ0v) is 9.90. The van der Waals surface area contributed by atoms with Crippen LogP contribution in [0.2, 0.25) is 0 Å². The van der Waals surface area contributed by atoms with Gasteiger partial charge in [-0.15, -0.1) is 0 Å². The molecule has 0 radical (unpaired) electrons. The van der Waals surface area contributed by atoms with Crippen molar-refractivity contribution < 1.29 is 18.7 Å². The molecule has 0 atom stereocenters. The van der Waals surface area contributed by atoms with Crippen molar-refractivity contribution in [1.29, 1.82) is 0 Å². The number of furan rings is 2. The van der Waals surface area contributed by atoms with Crippen LogP contribution < -0.4 is 0 Å². The second-order valence-corrected chi connectivity index (χ2v) is 4.32. The minimum Gasteiger partial charge on any atom is -0.481 e. The molecule has 0 unspecified atom stereocenters. The van der Waals surface area contributed by atoms with Gasteiger partial charge in [-0.1, -0.05) is 0 Å². The van der Waals surface area contributed by atoms with Crippen molar-refractivity contribution in [1.82, 2.24) is 0 Å². The van der Waals surface area contributed by atoms with Gasteiger partial charge in [-0.05, 0) is 25.5 Å². The molecule has 0 amide bonds. The average molecular weight is 244 g/mol. The Kier molecular flexibility index (Phi) is 2.37. The Balaban J connectivity index is 2.29. The molecule has 3 aromatic rings. The molecule has 3 rings (SSSR count). The van der Waals surface area contributed by atoms with Gasteiger partial charge in [0.2, 0.25) is 0 Å². The van der Waals surface area contributed by atoms with Gasteiger partial charge in [0.15, 0.2) is 0 Å². The summed E-state index contributed by atoms with van der Waals surface area (Å²) in [6.07, 6.45) is 3.77. The predicted molar refractivity (Wildman–Crippen MR) is 66.7 cm³/mol. The van der Waals surface area contributed by atoms with Crippen LogP contribution in [0.3, 0.4) is 0 Å². The lowest BCUT2D eigenvalue weighted by Crippen LogP contribution is -1.98. The van der Waals surface area contributed by atoms with Crippen molar-refractivity contribution in [3.8, 4) is 0 Å². The van der Waals surface area contributed by atoms with E-state index >= 15 is 0 Å². The van der Waals surface area contributed by atoms with E-state index in [0.29, 0.717) is 6.42 Å². The molecule has 4 nitrogen and oxygen atoms in total. The molecular formula is C14H12O4. The van der Waals surface area contributed by atoms with Crippen molar-refractivity contribution in [2.24, 2.45) is 0 Å². The molecule has 2 heterocycles. The second-order valence-electron chi connectivity index (χ2n) is 4.32. The van der Waals surface area contributed by atoms with Crippen LogP contribution in [0.1, 0.15) is 17.5 Å². The maximum Gasteiger partial charge on any atom is 0.303 e. The molecule has 0 aliphatic carbocycles. The number of aliphatic carboxylic acids is 1. The maximum absolute atomic E-state index is 10.7. The van der Waals surface area contributed by atoms with Gasteiger partial charge in [-0.3, -0.25) is 4.79 Å². The lowest BCUT2D eigenvalue weighted by atomic mass is 9.99. The third-order valence-electron chi connectivity index (χ3n) is 3.26. The number of carboxylic acids is 1. The number of carbonyl (C=O) groups is 1. The van der Waals surface area contributed by atoms with Crippen LogP contribution in [0.15, 0.2) is 33.5 Å². The molecule has 0 saturated carbocycles. The molecule has 0 aliphatic heterocycles. The number of carboxylic acid groups (broad SMARTS) is 1. The summed E-state index contributed by atoms with van der Waals surface area (Å²) < 4.78 is 11.0. The zero-order chi connectivity index (χ0) is 12.7. The third kappa shape index (κ3) is 1.49. The highest BCUT2D eigenvalue weighted by molar-refractivity contribution is 6.01. The molecule has 0 bridgehead atoms. The first-order chi connectivity index (χ1) is 8.68. The fraction of sp³-hybridized carbons (Fsp3) is 0.214. The topological polar surface area (TPSA) is 63.6 Å². The van der Waals surface area contributed by atoms with Gasteiger partial charge in [0.1, 0.15) is 11.2 Å². The van der Waals surface area contributed by atoms with E-state index < -0.39 is 5.97 Å². The minimum atomic E-state index is -0.813. The van der Waals surface area contributed by atoms with Crippen LogP contribution in [-0.2, 0) is 11.2 Å². The van der Waals surface area contributed by atoms with Crippen LogP contribution in [0.4, 0.5) is 0 Å². The van der Waals surface area contributed by atoms with Gasteiger partial charge in [0, 0.05) is 28.3 Å². The number of benzene rings is 1. The number of hydrogen-bond acceptors (Lipinski definition) is 3. The SMILES string of the molecule is Cc1c2ccoc2c(CCC(=O)O)c2ccoc12. The molecule has 0 spiro atoms. The van der Waals surface area contributed by atoms with Gasteiger partial charge in [0.25, 0.3) is 0 Å². The predicted octanol–water partition coefficient (Wildman–Crippen LogP) is 3.50.